The molecule has 1 amide bonds. The number of amides is 1. The predicted molar refractivity (Wildman–Crippen MR) is 151 cm³/mol. The van der Waals surface area contributed by atoms with Crippen LogP contribution in [0.4, 0.5) is 0 Å². The topological polar surface area (TPSA) is 101 Å². The lowest BCUT2D eigenvalue weighted by Crippen LogP contribution is -2.31. The van der Waals surface area contributed by atoms with Crippen LogP contribution in [-0.4, -0.2) is 32.6 Å². The number of hydrogen-bond acceptors (Lipinski definition) is 5. The number of nitrogens with zero attached hydrogens (tertiary/aromatic N) is 3. The fourth-order valence-electron chi connectivity index (χ4n) is 5.33. The van der Waals surface area contributed by atoms with Crippen LogP contribution in [-0.2, 0) is 0 Å². The van der Waals surface area contributed by atoms with Gasteiger partial charge in [-0.3, -0.25) is 14.6 Å². The van der Waals surface area contributed by atoms with Crippen LogP contribution in [0.25, 0.3) is 27.7 Å². The fraction of sp³-hybridized carbons (Fsp3) is 0.290. The number of carbonyl (C=O) groups excluding carboxylic acids is 1. The highest BCUT2D eigenvalue weighted by molar-refractivity contribution is 5.96. The van der Waals surface area contributed by atoms with Gasteiger partial charge in [0.2, 0.25) is 0 Å². The lowest BCUT2D eigenvalue weighted by molar-refractivity contribution is 0.0925. The first-order chi connectivity index (χ1) is 18.8. The lowest BCUT2D eigenvalue weighted by atomic mass is 9.99. The largest absolute Gasteiger partial charge is 0.497 e. The maximum absolute atomic E-state index is 13.7. The number of nitrogens with one attached hydrogen (secondary N) is 2. The maximum Gasteiger partial charge on any atom is 0.274 e. The quantitative estimate of drug-likeness (QED) is 0.292. The third-order valence-corrected chi connectivity index (χ3v) is 7.56. The molecule has 8 nitrogen and oxygen atoms in total. The summed E-state index contributed by atoms with van der Waals surface area (Å²) in [6.07, 6.45) is 5.62. The number of H-pyrrole nitrogens is 1. The van der Waals surface area contributed by atoms with Gasteiger partial charge >= 0.3 is 0 Å². The number of aryl methyl sites for hydroxylation is 1. The van der Waals surface area contributed by atoms with Crippen molar-refractivity contribution in [2.24, 2.45) is 5.92 Å². The normalized spacial score (nSPS) is 14.2. The summed E-state index contributed by atoms with van der Waals surface area (Å²) in [7, 11) is 1.64. The molecule has 0 aliphatic heterocycles. The highest BCUT2D eigenvalue weighted by Gasteiger charge is 2.35. The molecule has 3 heterocycles. The Balaban J connectivity index is 1.40. The first kappa shape index (κ1) is 24.9. The van der Waals surface area contributed by atoms with Gasteiger partial charge in [-0.2, -0.15) is 5.10 Å². The molecule has 6 rings (SSSR count). The molecule has 0 saturated heterocycles. The van der Waals surface area contributed by atoms with Crippen LogP contribution >= 0.6 is 0 Å². The number of benzene rings is 2. The Bertz CT molecular complexity index is 1760. The highest BCUT2D eigenvalue weighted by Crippen LogP contribution is 2.41. The number of aromatic nitrogens is 4. The SMILES string of the molecule is COc1ccc(C(NC(=O)c2nn3cc(-c4cnc5cccc(C)c5c4)[nH]c(=O)c3c2C(C)C)C2CC2)cc1. The van der Waals surface area contributed by atoms with Crippen molar-refractivity contribution in [3.05, 3.63) is 93.7 Å². The van der Waals surface area contributed by atoms with Gasteiger partial charge in [-0.1, -0.05) is 38.1 Å². The van der Waals surface area contributed by atoms with E-state index in [4.69, 9.17) is 4.74 Å². The number of fused-ring (bicyclic) bond motifs is 2. The second-order valence-corrected chi connectivity index (χ2v) is 10.6. The summed E-state index contributed by atoms with van der Waals surface area (Å²) in [6.45, 7) is 5.98. The molecule has 0 spiro atoms. The van der Waals surface area contributed by atoms with Crippen molar-refractivity contribution in [3.8, 4) is 17.0 Å². The van der Waals surface area contributed by atoms with Gasteiger partial charge in [-0.15, -0.1) is 0 Å². The predicted octanol–water partition coefficient (Wildman–Crippen LogP) is 5.56. The molecule has 198 valence electrons. The Morgan fingerprint density at radius 2 is 1.92 bits per heavy atom. The molecule has 8 heteroatoms. The fourth-order valence-corrected chi connectivity index (χ4v) is 5.33. The van der Waals surface area contributed by atoms with Gasteiger partial charge in [0.15, 0.2) is 5.69 Å². The molecule has 0 radical (unpaired) electrons. The minimum absolute atomic E-state index is 0.0828. The molecule has 1 aliphatic carbocycles. The average Bonchev–Trinajstić information content (AvgIpc) is 3.70. The van der Waals surface area contributed by atoms with E-state index < -0.39 is 0 Å². The van der Waals surface area contributed by atoms with Crippen molar-refractivity contribution in [3.63, 3.8) is 0 Å². The van der Waals surface area contributed by atoms with E-state index >= 15 is 0 Å². The van der Waals surface area contributed by atoms with Gasteiger partial charge in [0.25, 0.3) is 11.5 Å². The first-order valence-electron chi connectivity index (χ1n) is 13.3. The first-order valence-corrected chi connectivity index (χ1v) is 13.3. The van der Waals surface area contributed by atoms with Gasteiger partial charge in [0, 0.05) is 22.7 Å². The molecule has 1 saturated carbocycles. The zero-order chi connectivity index (χ0) is 27.3. The zero-order valence-electron chi connectivity index (χ0n) is 22.5. The highest BCUT2D eigenvalue weighted by atomic mass is 16.5. The van der Waals surface area contributed by atoms with E-state index in [1.165, 1.54) is 0 Å². The Morgan fingerprint density at radius 3 is 2.62 bits per heavy atom. The van der Waals surface area contributed by atoms with Crippen molar-refractivity contribution in [1.29, 1.82) is 0 Å². The molecule has 1 fully saturated rings. The van der Waals surface area contributed by atoms with Crippen LogP contribution in [0.3, 0.4) is 0 Å². The smallest absolute Gasteiger partial charge is 0.274 e. The maximum atomic E-state index is 13.7. The number of methoxy groups -OCH3 is 1. The Hall–Kier alpha value is -4.46. The molecule has 2 aromatic carbocycles. The monoisotopic (exact) mass is 521 g/mol. The Labute approximate surface area is 226 Å². The standard InChI is InChI=1S/C31H31N5O3/c1-17(2)26-28(30(37)34-27(19-8-9-19)20-10-12-22(39-4)13-11-20)35-36-16-25(33-31(38)29(26)36)21-14-23-18(3)6-5-7-24(23)32-15-21/h5-7,10-17,19,27H,8-9H2,1-4H3,(H,33,38)(H,34,37). The van der Waals surface area contributed by atoms with E-state index in [1.54, 1.807) is 24.0 Å². The molecule has 39 heavy (non-hydrogen) atoms. The summed E-state index contributed by atoms with van der Waals surface area (Å²) in [5.41, 5.74) is 5.40. The van der Waals surface area contributed by atoms with Gasteiger partial charge in [-0.05, 0) is 67.0 Å². The second kappa shape index (κ2) is 9.69. The zero-order valence-corrected chi connectivity index (χ0v) is 22.5. The summed E-state index contributed by atoms with van der Waals surface area (Å²) in [5, 5.41) is 8.90. The minimum atomic E-state index is -0.290. The summed E-state index contributed by atoms with van der Waals surface area (Å²) in [5.74, 6) is 0.786. The van der Waals surface area contributed by atoms with Crippen molar-refractivity contribution in [1.82, 2.24) is 24.9 Å². The number of carbonyl (C=O) groups is 1. The van der Waals surface area contributed by atoms with Crippen molar-refractivity contribution < 1.29 is 9.53 Å². The molecule has 0 bridgehead atoms. The van der Waals surface area contributed by atoms with Crippen LogP contribution in [0.2, 0.25) is 0 Å². The average molecular weight is 522 g/mol. The van der Waals surface area contributed by atoms with E-state index in [0.717, 1.165) is 46.2 Å². The van der Waals surface area contributed by atoms with Gasteiger partial charge in [-0.25, -0.2) is 4.52 Å². The number of aromatic amines is 1. The van der Waals surface area contributed by atoms with Crippen LogP contribution in [0, 0.1) is 12.8 Å². The van der Waals surface area contributed by atoms with Crippen LogP contribution < -0.4 is 15.6 Å². The summed E-state index contributed by atoms with van der Waals surface area (Å²) < 4.78 is 6.84. The van der Waals surface area contributed by atoms with E-state index in [2.05, 4.69) is 20.4 Å². The molecular weight excluding hydrogens is 490 g/mol. The summed E-state index contributed by atoms with van der Waals surface area (Å²) >= 11 is 0. The van der Waals surface area contributed by atoms with E-state index in [9.17, 15) is 9.59 Å². The summed E-state index contributed by atoms with van der Waals surface area (Å²) in [4.78, 5) is 34.7. The summed E-state index contributed by atoms with van der Waals surface area (Å²) in [6, 6.07) is 15.7. The van der Waals surface area contributed by atoms with Gasteiger partial charge in [0.05, 0.1) is 30.6 Å². The van der Waals surface area contributed by atoms with Gasteiger partial charge in [0.1, 0.15) is 11.3 Å². The molecule has 2 N–H and O–H groups in total. The Morgan fingerprint density at radius 1 is 1.15 bits per heavy atom. The lowest BCUT2D eigenvalue weighted by Gasteiger charge is -2.19. The third-order valence-electron chi connectivity index (χ3n) is 7.56. The van der Waals surface area contributed by atoms with Gasteiger partial charge < -0.3 is 15.0 Å². The van der Waals surface area contributed by atoms with Crippen LogP contribution in [0.5, 0.6) is 5.75 Å². The third kappa shape index (κ3) is 4.56. The molecule has 5 aromatic rings. The number of ether oxygens (including phenoxy) is 1. The molecule has 1 aliphatic rings. The van der Waals surface area contributed by atoms with Crippen LogP contribution in [0.15, 0.2) is 65.7 Å². The number of pyridine rings is 1. The van der Waals surface area contributed by atoms with E-state index in [0.29, 0.717) is 22.7 Å². The van der Waals surface area contributed by atoms with Crippen molar-refractivity contribution in [2.45, 2.75) is 45.6 Å². The number of rotatable bonds is 7. The second-order valence-electron chi connectivity index (χ2n) is 10.6. The van der Waals surface area contributed by atoms with Crippen LogP contribution in [0.1, 0.15) is 65.8 Å². The molecule has 1 unspecified atom stereocenters. The molecule has 1 atom stereocenters. The van der Waals surface area contributed by atoms with E-state index in [1.807, 2.05) is 69.3 Å². The Kier molecular flexibility index (Phi) is 6.17. The molecule has 3 aromatic heterocycles. The number of hydrogen-bond donors (Lipinski definition) is 2. The molecular formula is C31H31N5O3. The van der Waals surface area contributed by atoms with Crippen molar-refractivity contribution >= 4 is 22.3 Å². The minimum Gasteiger partial charge on any atom is -0.497 e. The van der Waals surface area contributed by atoms with E-state index in [-0.39, 0.29) is 29.1 Å². The van der Waals surface area contributed by atoms with Crippen molar-refractivity contribution in [2.75, 3.05) is 7.11 Å².